The van der Waals surface area contributed by atoms with Crippen molar-refractivity contribution in [2.45, 2.75) is 71.5 Å². The monoisotopic (exact) mass is 712 g/mol. The predicted octanol–water partition coefficient (Wildman–Crippen LogP) is 5.62. The normalized spacial score (nSPS) is 19.8. The number of halogens is 1. The zero-order valence-electron chi connectivity index (χ0n) is 27.9. The summed E-state index contributed by atoms with van der Waals surface area (Å²) in [4.78, 5) is 58.3. The van der Waals surface area contributed by atoms with E-state index in [4.69, 9.17) is 0 Å². The molecular formula is C36H41BrN8O3. The molecule has 0 unspecified atom stereocenters. The quantitative estimate of drug-likeness (QED) is 0.108. The smallest absolute Gasteiger partial charge is 0.248 e. The number of hydrogen-bond donors (Lipinski definition) is 1. The van der Waals surface area contributed by atoms with Crippen LogP contribution in [0.5, 0.6) is 0 Å². The molecule has 1 aliphatic carbocycles. The van der Waals surface area contributed by atoms with Gasteiger partial charge in [0.25, 0.3) is 0 Å². The molecule has 11 nitrogen and oxygen atoms in total. The van der Waals surface area contributed by atoms with Gasteiger partial charge in [0.1, 0.15) is 34.5 Å². The van der Waals surface area contributed by atoms with Gasteiger partial charge in [0.05, 0.1) is 5.52 Å². The summed E-state index contributed by atoms with van der Waals surface area (Å²) in [5.74, 6) is 0.453. The number of benzene rings is 1. The highest BCUT2D eigenvalue weighted by Gasteiger charge is 2.67. The minimum atomic E-state index is -0.671. The minimum Gasteiger partial charge on any atom is -0.325 e. The fourth-order valence-corrected chi connectivity index (χ4v) is 7.38. The van der Waals surface area contributed by atoms with E-state index in [1.54, 1.807) is 28.1 Å². The van der Waals surface area contributed by atoms with Gasteiger partial charge >= 0.3 is 0 Å². The number of likely N-dealkylation sites (tertiary alicyclic amines) is 1. The number of anilines is 1. The van der Waals surface area contributed by atoms with E-state index in [1.807, 2.05) is 37.3 Å². The second kappa shape index (κ2) is 13.7. The van der Waals surface area contributed by atoms with E-state index in [2.05, 4.69) is 66.7 Å². The van der Waals surface area contributed by atoms with Crippen molar-refractivity contribution < 1.29 is 14.4 Å². The Bertz CT molecular complexity index is 1890. The molecule has 3 atom stereocenters. The Morgan fingerprint density at radius 1 is 1.15 bits per heavy atom. The van der Waals surface area contributed by atoms with E-state index in [-0.39, 0.29) is 41.3 Å². The first-order valence-corrected chi connectivity index (χ1v) is 17.2. The van der Waals surface area contributed by atoms with Gasteiger partial charge in [-0.25, -0.2) is 15.0 Å². The molecule has 4 heterocycles. The van der Waals surface area contributed by atoms with Crippen LogP contribution in [-0.4, -0.2) is 84.4 Å². The first-order valence-electron chi connectivity index (χ1n) is 16.4. The Hall–Kier alpha value is -4.29. The van der Waals surface area contributed by atoms with Gasteiger partial charge in [-0.3, -0.25) is 19.1 Å². The van der Waals surface area contributed by atoms with Gasteiger partial charge in [0, 0.05) is 48.3 Å². The maximum Gasteiger partial charge on any atom is 0.248 e. The van der Waals surface area contributed by atoms with Gasteiger partial charge in [-0.05, 0) is 91.5 Å². The molecule has 2 fully saturated rings. The van der Waals surface area contributed by atoms with Crippen LogP contribution in [0, 0.1) is 12.3 Å². The Morgan fingerprint density at radius 2 is 1.92 bits per heavy atom. The number of pyridine rings is 1. The van der Waals surface area contributed by atoms with Gasteiger partial charge in [0.2, 0.25) is 11.8 Å². The third-order valence-corrected chi connectivity index (χ3v) is 9.96. The number of hydrogen-bond acceptors (Lipinski definition) is 8. The first kappa shape index (κ1) is 33.6. The molecule has 2 amide bonds. The maximum absolute atomic E-state index is 14.3. The summed E-state index contributed by atoms with van der Waals surface area (Å²) in [6.45, 7) is 11.0. The Balaban J connectivity index is 1.30. The van der Waals surface area contributed by atoms with E-state index in [0.717, 1.165) is 49.0 Å². The zero-order valence-corrected chi connectivity index (χ0v) is 29.5. The summed E-state index contributed by atoms with van der Waals surface area (Å²) >= 11 is 3.42. The van der Waals surface area contributed by atoms with Crippen molar-refractivity contribution in [3.05, 3.63) is 77.1 Å². The summed E-state index contributed by atoms with van der Waals surface area (Å²) in [6, 6.07) is 8.68. The van der Waals surface area contributed by atoms with Crippen LogP contribution in [0.3, 0.4) is 0 Å². The Kier molecular flexibility index (Phi) is 9.57. The van der Waals surface area contributed by atoms with Gasteiger partial charge in [-0.2, -0.15) is 5.10 Å². The molecule has 1 aliphatic heterocycles. The van der Waals surface area contributed by atoms with Crippen molar-refractivity contribution in [3.8, 4) is 11.1 Å². The number of aryl methyl sites for hydroxylation is 1. The molecule has 12 heteroatoms. The average molecular weight is 714 g/mol. The molecule has 0 radical (unpaired) electrons. The van der Waals surface area contributed by atoms with Crippen LogP contribution in [0.15, 0.2) is 60.0 Å². The number of nitrogens with one attached hydrogen (secondary N) is 1. The van der Waals surface area contributed by atoms with Crippen molar-refractivity contribution in [3.63, 3.8) is 0 Å². The van der Waals surface area contributed by atoms with Crippen molar-refractivity contribution in [1.29, 1.82) is 0 Å². The summed E-state index contributed by atoms with van der Waals surface area (Å²) < 4.78 is 2.19. The molecule has 1 aromatic carbocycles. The molecule has 0 bridgehead atoms. The van der Waals surface area contributed by atoms with Gasteiger partial charge in [0.15, 0.2) is 5.78 Å². The molecule has 1 N–H and O–H groups in total. The fraction of sp³-hybridized carbons (Fsp3) is 0.417. The van der Waals surface area contributed by atoms with Crippen LogP contribution in [0.1, 0.15) is 61.4 Å². The lowest BCUT2D eigenvalue weighted by atomic mass is 9.98. The van der Waals surface area contributed by atoms with Crippen LogP contribution in [0.2, 0.25) is 0 Å². The maximum atomic E-state index is 14.3. The summed E-state index contributed by atoms with van der Waals surface area (Å²) in [7, 11) is 2.11. The molecule has 4 aromatic rings. The van der Waals surface area contributed by atoms with Crippen molar-refractivity contribution >= 4 is 50.2 Å². The topological polar surface area (TPSA) is 126 Å². The van der Waals surface area contributed by atoms with E-state index in [1.165, 1.54) is 6.92 Å². The average Bonchev–Trinajstić information content (AvgIpc) is 3.45. The lowest BCUT2D eigenvalue weighted by Crippen LogP contribution is -2.47. The molecule has 1 saturated heterocycles. The number of piperidine rings is 1. The van der Waals surface area contributed by atoms with E-state index in [0.29, 0.717) is 40.0 Å². The largest absolute Gasteiger partial charge is 0.325 e. The SMILES string of the molecule is C=CCc1ccc(Br)nc1NC(=O)[C@@H]1C[C@@]2(CN(C)CCCC)C[C@H]2N1C(=O)Cn1nc(C(C)=O)c2cc(-c3cnc(C)nc3)ccc21. The number of carbonyl (C=O) groups is 3. The summed E-state index contributed by atoms with van der Waals surface area (Å²) in [5.41, 5.74) is 3.30. The van der Waals surface area contributed by atoms with Crippen LogP contribution < -0.4 is 5.32 Å². The van der Waals surface area contributed by atoms with Crippen LogP contribution >= 0.6 is 15.9 Å². The number of allylic oxidation sites excluding steroid dienone is 1. The van der Waals surface area contributed by atoms with E-state index >= 15 is 0 Å². The van der Waals surface area contributed by atoms with Gasteiger partial charge in [-0.15, -0.1) is 6.58 Å². The molecule has 2 aliphatic rings. The van der Waals surface area contributed by atoms with Gasteiger partial charge in [-0.1, -0.05) is 31.6 Å². The predicted molar refractivity (Wildman–Crippen MR) is 188 cm³/mol. The number of nitrogens with zero attached hydrogens (tertiary/aromatic N) is 7. The number of carbonyl (C=O) groups excluding carboxylic acids is 3. The van der Waals surface area contributed by atoms with Crippen molar-refractivity contribution in [2.75, 3.05) is 25.5 Å². The highest BCUT2D eigenvalue weighted by Crippen LogP contribution is 2.60. The highest BCUT2D eigenvalue weighted by atomic mass is 79.9. The lowest BCUT2D eigenvalue weighted by molar-refractivity contribution is -0.138. The zero-order chi connectivity index (χ0) is 34.2. The number of ketones is 1. The molecule has 1 saturated carbocycles. The van der Waals surface area contributed by atoms with E-state index < -0.39 is 6.04 Å². The molecule has 6 rings (SSSR count). The second-order valence-corrected chi connectivity index (χ2v) is 13.9. The van der Waals surface area contributed by atoms with Crippen molar-refractivity contribution in [1.82, 2.24) is 34.5 Å². The molecule has 48 heavy (non-hydrogen) atoms. The fourth-order valence-electron chi connectivity index (χ4n) is 7.07. The number of fused-ring (bicyclic) bond motifs is 2. The first-order chi connectivity index (χ1) is 23.0. The third kappa shape index (κ3) is 6.68. The summed E-state index contributed by atoms with van der Waals surface area (Å²) in [5, 5.41) is 8.31. The van der Waals surface area contributed by atoms with Crippen LogP contribution in [0.25, 0.3) is 22.0 Å². The Labute approximate surface area is 289 Å². The number of amides is 2. The molecule has 0 spiro atoms. The summed E-state index contributed by atoms with van der Waals surface area (Å²) in [6.07, 6.45) is 9.40. The third-order valence-electron chi connectivity index (χ3n) is 9.52. The lowest BCUT2D eigenvalue weighted by Gasteiger charge is -2.27. The number of aromatic nitrogens is 5. The minimum absolute atomic E-state index is 0.0600. The van der Waals surface area contributed by atoms with Crippen molar-refractivity contribution in [2.24, 2.45) is 5.41 Å². The highest BCUT2D eigenvalue weighted by molar-refractivity contribution is 9.10. The van der Waals surface area contributed by atoms with E-state index in [9.17, 15) is 14.4 Å². The van der Waals surface area contributed by atoms with Crippen LogP contribution in [0.4, 0.5) is 5.82 Å². The number of unbranched alkanes of at least 4 members (excludes halogenated alkanes) is 1. The van der Waals surface area contributed by atoms with Crippen LogP contribution in [-0.2, 0) is 22.6 Å². The Morgan fingerprint density at radius 3 is 2.62 bits per heavy atom. The molecular weight excluding hydrogens is 672 g/mol. The second-order valence-electron chi connectivity index (χ2n) is 13.1. The molecule has 250 valence electrons. The molecule has 3 aromatic heterocycles. The number of rotatable bonds is 13. The number of Topliss-reactive ketones (excluding diaryl/α,β-unsaturated/α-hetero) is 1. The standard InChI is InChI=1S/C36H41BrN8O3/c1-6-8-14-43(5)21-36-16-29(35(48)41-34-24(9-7-2)11-13-31(37)40-34)45(30(36)17-36)32(47)20-44-28-12-10-25(26-18-38-23(4)39-19-26)15-27(28)33(42-44)22(3)46/h7,10-13,15,18-19,29-30H,2,6,8-9,14,16-17,20-21H2,1,3-5H3,(H,40,41,48)/t29-,30+,36-/m0/s1. The van der Waals surface area contributed by atoms with Gasteiger partial charge < -0.3 is 15.1 Å².